The topological polar surface area (TPSA) is 0 Å². The highest BCUT2D eigenvalue weighted by atomic mass is 19.4. The van der Waals surface area contributed by atoms with Crippen LogP contribution in [-0.4, -0.2) is 6.18 Å². The molecular weight excluding hydrogens is 246 g/mol. The fourth-order valence-electron chi connectivity index (χ4n) is 1.46. The molecule has 0 aliphatic rings. The van der Waals surface area contributed by atoms with Gasteiger partial charge in [0.2, 0.25) is 0 Å². The number of halogens is 6. The van der Waals surface area contributed by atoms with Gasteiger partial charge in [0.15, 0.2) is 0 Å². The number of hydrogen-bond acceptors (Lipinski definition) is 0. The van der Waals surface area contributed by atoms with Crippen molar-refractivity contribution in [2.24, 2.45) is 0 Å². The van der Waals surface area contributed by atoms with E-state index < -0.39 is 29.9 Å². The van der Waals surface area contributed by atoms with Crippen molar-refractivity contribution in [1.82, 2.24) is 0 Å². The van der Waals surface area contributed by atoms with Gasteiger partial charge in [0.05, 0.1) is 12.0 Å². The molecule has 0 aliphatic heterocycles. The lowest BCUT2D eigenvalue weighted by Crippen LogP contribution is -2.18. The second kappa shape index (κ2) is 4.43. The Balaban J connectivity index is 3.36. The van der Waals surface area contributed by atoms with E-state index >= 15 is 0 Å². The zero-order chi connectivity index (χ0) is 13.3. The van der Waals surface area contributed by atoms with E-state index in [4.69, 9.17) is 0 Å². The number of benzene rings is 1. The van der Waals surface area contributed by atoms with E-state index in [9.17, 15) is 26.3 Å². The highest BCUT2D eigenvalue weighted by Gasteiger charge is 2.38. The van der Waals surface area contributed by atoms with Gasteiger partial charge < -0.3 is 0 Å². The summed E-state index contributed by atoms with van der Waals surface area (Å²) in [6, 6.07) is 2.86. The Morgan fingerprint density at radius 3 is 2.06 bits per heavy atom. The first-order valence-electron chi connectivity index (χ1n) is 4.53. The zero-order valence-corrected chi connectivity index (χ0v) is 8.49. The minimum atomic E-state index is -4.81. The molecule has 0 nitrogen and oxygen atoms in total. The largest absolute Gasteiger partial charge is 0.416 e. The molecule has 17 heavy (non-hydrogen) atoms. The molecule has 1 aromatic rings. The molecule has 6 heteroatoms. The molecule has 0 saturated carbocycles. The molecule has 0 atom stereocenters. The predicted octanol–water partition coefficient (Wildman–Crippen LogP) is 4.45. The average molecular weight is 254 g/mol. The standard InChI is InChI=1S/C11H8F6/c1-2-7-4-3-5-9(11(15,16)17)8(7)6-10(12,13)14/h2-5H,1,6H2. The Hall–Kier alpha value is -1.46. The van der Waals surface area contributed by atoms with E-state index in [2.05, 4.69) is 6.58 Å². The van der Waals surface area contributed by atoms with Crippen LogP contribution in [0.4, 0.5) is 26.3 Å². The lowest BCUT2D eigenvalue weighted by Gasteiger charge is -2.16. The molecule has 0 heterocycles. The van der Waals surface area contributed by atoms with Crippen molar-refractivity contribution in [1.29, 1.82) is 0 Å². The predicted molar refractivity (Wildman–Crippen MR) is 51.3 cm³/mol. The molecular formula is C11H8F6. The van der Waals surface area contributed by atoms with Crippen LogP contribution in [0.5, 0.6) is 0 Å². The van der Waals surface area contributed by atoms with Crippen LogP contribution in [0.15, 0.2) is 24.8 Å². The first-order chi connectivity index (χ1) is 7.65. The summed E-state index contributed by atoms with van der Waals surface area (Å²) < 4.78 is 74.3. The van der Waals surface area contributed by atoms with Gasteiger partial charge in [-0.05, 0) is 17.2 Å². The summed E-state index contributed by atoms with van der Waals surface area (Å²) in [7, 11) is 0. The fourth-order valence-corrected chi connectivity index (χ4v) is 1.46. The van der Waals surface area contributed by atoms with Crippen molar-refractivity contribution in [3.05, 3.63) is 41.5 Å². The van der Waals surface area contributed by atoms with Crippen molar-refractivity contribution in [3.63, 3.8) is 0 Å². The number of alkyl halides is 6. The summed E-state index contributed by atoms with van der Waals surface area (Å²) in [5.74, 6) is 0. The van der Waals surface area contributed by atoms with Crippen LogP contribution in [0.2, 0.25) is 0 Å². The van der Waals surface area contributed by atoms with Gasteiger partial charge in [-0.2, -0.15) is 26.3 Å². The Morgan fingerprint density at radius 2 is 1.65 bits per heavy atom. The van der Waals surface area contributed by atoms with Crippen molar-refractivity contribution in [2.45, 2.75) is 18.8 Å². The minimum Gasteiger partial charge on any atom is -0.171 e. The second-order valence-corrected chi connectivity index (χ2v) is 3.37. The minimum absolute atomic E-state index is 0.155. The molecule has 0 radical (unpaired) electrons. The Kier molecular flexibility index (Phi) is 3.54. The average Bonchev–Trinajstić information content (AvgIpc) is 2.13. The molecule has 0 unspecified atom stereocenters. The van der Waals surface area contributed by atoms with Crippen LogP contribution in [0.1, 0.15) is 16.7 Å². The fraction of sp³-hybridized carbons (Fsp3) is 0.273. The molecule has 0 aliphatic carbocycles. The van der Waals surface area contributed by atoms with Gasteiger partial charge >= 0.3 is 12.4 Å². The molecule has 0 amide bonds. The van der Waals surface area contributed by atoms with Crippen molar-refractivity contribution >= 4 is 6.08 Å². The van der Waals surface area contributed by atoms with Crippen LogP contribution in [-0.2, 0) is 12.6 Å². The van der Waals surface area contributed by atoms with Crippen LogP contribution < -0.4 is 0 Å². The first kappa shape index (κ1) is 13.6. The quantitative estimate of drug-likeness (QED) is 0.684. The zero-order valence-electron chi connectivity index (χ0n) is 8.49. The van der Waals surface area contributed by atoms with Gasteiger partial charge in [-0.1, -0.05) is 24.8 Å². The summed E-state index contributed by atoms with van der Waals surface area (Å²) in [6.45, 7) is 3.21. The third-order valence-corrected chi connectivity index (χ3v) is 2.11. The lowest BCUT2D eigenvalue weighted by atomic mass is 9.97. The van der Waals surface area contributed by atoms with Crippen LogP contribution in [0.3, 0.4) is 0 Å². The maximum Gasteiger partial charge on any atom is 0.416 e. The van der Waals surface area contributed by atoms with E-state index in [1.54, 1.807) is 0 Å². The van der Waals surface area contributed by atoms with E-state index in [1.165, 1.54) is 6.07 Å². The molecule has 0 bridgehead atoms. The Labute approximate surface area is 93.6 Å². The third kappa shape index (κ3) is 3.51. The van der Waals surface area contributed by atoms with Gasteiger partial charge in [0.25, 0.3) is 0 Å². The smallest absolute Gasteiger partial charge is 0.171 e. The maximum absolute atomic E-state index is 12.5. The lowest BCUT2D eigenvalue weighted by molar-refractivity contribution is -0.143. The van der Waals surface area contributed by atoms with Crippen LogP contribution in [0.25, 0.3) is 6.08 Å². The summed E-state index contributed by atoms with van der Waals surface area (Å²) in [4.78, 5) is 0. The Bertz CT molecular complexity index is 413. The van der Waals surface area contributed by atoms with Crippen molar-refractivity contribution in [2.75, 3.05) is 0 Å². The number of rotatable bonds is 2. The number of hydrogen-bond donors (Lipinski definition) is 0. The van der Waals surface area contributed by atoms with Crippen LogP contribution >= 0.6 is 0 Å². The van der Waals surface area contributed by atoms with Gasteiger partial charge in [0.1, 0.15) is 0 Å². The third-order valence-electron chi connectivity index (χ3n) is 2.11. The van der Waals surface area contributed by atoms with Gasteiger partial charge in [-0.3, -0.25) is 0 Å². The molecule has 1 aromatic carbocycles. The van der Waals surface area contributed by atoms with E-state index in [0.717, 1.165) is 12.1 Å². The maximum atomic E-state index is 12.5. The van der Waals surface area contributed by atoms with Crippen molar-refractivity contribution in [3.8, 4) is 0 Å². The molecule has 0 aromatic heterocycles. The van der Waals surface area contributed by atoms with Gasteiger partial charge in [-0.25, -0.2) is 0 Å². The second-order valence-electron chi connectivity index (χ2n) is 3.37. The summed E-state index contributed by atoms with van der Waals surface area (Å²) in [5, 5.41) is 0. The first-order valence-corrected chi connectivity index (χ1v) is 4.53. The Morgan fingerprint density at radius 1 is 1.06 bits per heavy atom. The normalized spacial score (nSPS) is 12.6. The SMILES string of the molecule is C=Cc1cccc(C(F)(F)F)c1CC(F)(F)F. The summed E-state index contributed by atoms with van der Waals surface area (Å²) in [6.07, 6.45) is -10.1. The molecule has 0 spiro atoms. The van der Waals surface area contributed by atoms with Crippen LogP contribution in [0, 0.1) is 0 Å². The van der Waals surface area contributed by atoms with E-state index in [1.807, 2.05) is 0 Å². The molecule has 0 fully saturated rings. The van der Waals surface area contributed by atoms with E-state index in [-0.39, 0.29) is 5.56 Å². The monoisotopic (exact) mass is 254 g/mol. The summed E-state index contributed by atoms with van der Waals surface area (Å²) >= 11 is 0. The molecule has 0 N–H and O–H groups in total. The van der Waals surface area contributed by atoms with E-state index in [0.29, 0.717) is 6.07 Å². The molecule has 0 saturated heterocycles. The summed E-state index contributed by atoms with van der Waals surface area (Å²) in [5.41, 5.74) is -2.22. The van der Waals surface area contributed by atoms with Gasteiger partial charge in [-0.15, -0.1) is 0 Å². The van der Waals surface area contributed by atoms with Crippen molar-refractivity contribution < 1.29 is 26.3 Å². The molecule has 1 rings (SSSR count). The highest BCUT2D eigenvalue weighted by molar-refractivity contribution is 5.55. The van der Waals surface area contributed by atoms with Gasteiger partial charge in [0, 0.05) is 0 Å². The highest BCUT2D eigenvalue weighted by Crippen LogP contribution is 2.36. The molecule has 94 valence electrons.